The van der Waals surface area contributed by atoms with Gasteiger partial charge < -0.3 is 5.11 Å². The maximum atomic E-state index is 9.92. The molecule has 0 fully saturated rings. The van der Waals surface area contributed by atoms with Crippen LogP contribution in [0.5, 0.6) is 0 Å². The van der Waals surface area contributed by atoms with Gasteiger partial charge >= 0.3 is 0 Å². The van der Waals surface area contributed by atoms with Gasteiger partial charge in [-0.1, -0.05) is 37.6 Å². The highest BCUT2D eigenvalue weighted by Crippen LogP contribution is 2.29. The van der Waals surface area contributed by atoms with Gasteiger partial charge in [-0.3, -0.25) is 0 Å². The first kappa shape index (κ1) is 9.72. The van der Waals surface area contributed by atoms with Crippen molar-refractivity contribution < 1.29 is 5.11 Å². The Morgan fingerprint density at radius 2 is 1.86 bits per heavy atom. The Hall–Kier alpha value is -0.820. The van der Waals surface area contributed by atoms with Crippen LogP contribution in [0.2, 0.25) is 0 Å². The Morgan fingerprint density at radius 1 is 1.29 bits per heavy atom. The molecule has 0 bridgehead atoms. The lowest BCUT2D eigenvalue weighted by Crippen LogP contribution is -2.20. The van der Waals surface area contributed by atoms with E-state index >= 15 is 0 Å². The van der Waals surface area contributed by atoms with Crippen molar-refractivity contribution in [2.45, 2.75) is 38.7 Å². The number of hydrogen-bond acceptors (Lipinski definition) is 1. The Kier molecular flexibility index (Phi) is 2.87. The molecule has 1 aliphatic carbocycles. The van der Waals surface area contributed by atoms with E-state index in [2.05, 4.69) is 31.2 Å². The molecule has 1 N–H and O–H groups in total. The third-order valence-corrected chi connectivity index (χ3v) is 3.21. The van der Waals surface area contributed by atoms with E-state index in [9.17, 15) is 5.11 Å². The van der Waals surface area contributed by atoms with Gasteiger partial charge in [0.15, 0.2) is 0 Å². The Morgan fingerprint density at radius 3 is 2.36 bits per heavy atom. The van der Waals surface area contributed by atoms with Crippen molar-refractivity contribution in [3.63, 3.8) is 0 Å². The minimum atomic E-state index is -0.104. The number of aliphatic hydroxyl groups excluding tert-OH is 1. The maximum absolute atomic E-state index is 9.92. The van der Waals surface area contributed by atoms with Crippen LogP contribution >= 0.6 is 0 Å². The quantitative estimate of drug-likeness (QED) is 0.776. The van der Waals surface area contributed by atoms with Crippen molar-refractivity contribution in [1.82, 2.24) is 0 Å². The number of aliphatic hydroxyl groups is 1. The molecule has 1 nitrogen and oxygen atoms in total. The van der Waals surface area contributed by atoms with E-state index in [1.807, 2.05) is 0 Å². The molecule has 0 aromatic heterocycles. The van der Waals surface area contributed by atoms with Crippen LogP contribution in [0.3, 0.4) is 0 Å². The number of fused-ring (bicyclic) bond motifs is 1. The van der Waals surface area contributed by atoms with Gasteiger partial charge in [0.1, 0.15) is 0 Å². The average molecular weight is 190 g/mol. The smallest absolute Gasteiger partial charge is 0.0574 e. The third kappa shape index (κ3) is 1.83. The van der Waals surface area contributed by atoms with Crippen molar-refractivity contribution in [2.24, 2.45) is 5.92 Å². The lowest BCUT2D eigenvalue weighted by Gasteiger charge is -2.16. The van der Waals surface area contributed by atoms with Gasteiger partial charge in [-0.15, -0.1) is 0 Å². The van der Waals surface area contributed by atoms with E-state index in [4.69, 9.17) is 0 Å². The van der Waals surface area contributed by atoms with Crippen molar-refractivity contribution >= 4 is 0 Å². The molecular weight excluding hydrogens is 172 g/mol. The molecule has 0 spiro atoms. The van der Waals surface area contributed by atoms with Gasteiger partial charge in [0.05, 0.1) is 6.10 Å². The van der Waals surface area contributed by atoms with Gasteiger partial charge in [0.2, 0.25) is 0 Å². The van der Waals surface area contributed by atoms with Gasteiger partial charge in [0.25, 0.3) is 0 Å². The van der Waals surface area contributed by atoms with Crippen LogP contribution < -0.4 is 0 Å². The first-order valence-corrected chi connectivity index (χ1v) is 5.56. The van der Waals surface area contributed by atoms with Crippen molar-refractivity contribution in [2.75, 3.05) is 0 Å². The third-order valence-electron chi connectivity index (χ3n) is 3.21. The molecule has 76 valence electrons. The van der Waals surface area contributed by atoms with E-state index in [0.29, 0.717) is 5.92 Å². The molecule has 1 aromatic carbocycles. The summed E-state index contributed by atoms with van der Waals surface area (Å²) in [5.41, 5.74) is 2.88. The summed E-state index contributed by atoms with van der Waals surface area (Å²) in [4.78, 5) is 0. The summed E-state index contributed by atoms with van der Waals surface area (Å²) in [5.74, 6) is 0.465. The number of rotatable bonds is 3. The SMILES string of the molecule is CCCC(O)C1Cc2ccccc2C1. The highest BCUT2D eigenvalue weighted by molar-refractivity contribution is 5.32. The van der Waals surface area contributed by atoms with E-state index in [1.54, 1.807) is 0 Å². The first-order chi connectivity index (χ1) is 6.81. The molecule has 1 aliphatic rings. The minimum Gasteiger partial charge on any atom is -0.393 e. The topological polar surface area (TPSA) is 20.2 Å². The van der Waals surface area contributed by atoms with E-state index in [0.717, 1.165) is 25.7 Å². The molecule has 0 saturated carbocycles. The van der Waals surface area contributed by atoms with Crippen molar-refractivity contribution in [3.8, 4) is 0 Å². The molecule has 1 atom stereocenters. The second kappa shape index (κ2) is 4.14. The fourth-order valence-corrected chi connectivity index (χ4v) is 2.40. The summed E-state index contributed by atoms with van der Waals surface area (Å²) in [6, 6.07) is 8.56. The zero-order chi connectivity index (χ0) is 9.97. The Balaban J connectivity index is 2.04. The summed E-state index contributed by atoms with van der Waals surface area (Å²) in [6.45, 7) is 2.13. The molecule has 1 aromatic rings. The molecule has 0 aliphatic heterocycles. The molecule has 14 heavy (non-hydrogen) atoms. The highest BCUT2D eigenvalue weighted by Gasteiger charge is 2.26. The standard InChI is InChI=1S/C13H18O/c1-2-5-13(14)12-8-10-6-3-4-7-11(10)9-12/h3-4,6-7,12-14H,2,5,8-9H2,1H3. The Bertz CT molecular complexity index is 281. The molecule has 1 heteroatoms. The summed E-state index contributed by atoms with van der Waals surface area (Å²) >= 11 is 0. The predicted octanol–water partition coefficient (Wildman–Crippen LogP) is 2.56. The molecule has 0 saturated heterocycles. The van der Waals surface area contributed by atoms with Crippen LogP contribution in [0.15, 0.2) is 24.3 Å². The minimum absolute atomic E-state index is 0.104. The monoisotopic (exact) mass is 190 g/mol. The molecule has 2 rings (SSSR count). The van der Waals surface area contributed by atoms with Gasteiger partial charge in [0, 0.05) is 0 Å². The molecule has 0 heterocycles. The van der Waals surface area contributed by atoms with Gasteiger partial charge in [-0.05, 0) is 36.3 Å². The summed E-state index contributed by atoms with van der Waals surface area (Å²) in [6.07, 6.45) is 4.05. The fourth-order valence-electron chi connectivity index (χ4n) is 2.40. The predicted molar refractivity (Wildman–Crippen MR) is 58.3 cm³/mol. The lowest BCUT2D eigenvalue weighted by molar-refractivity contribution is 0.103. The largest absolute Gasteiger partial charge is 0.393 e. The fraction of sp³-hybridized carbons (Fsp3) is 0.538. The van der Waals surface area contributed by atoms with E-state index < -0.39 is 0 Å². The van der Waals surface area contributed by atoms with Crippen molar-refractivity contribution in [3.05, 3.63) is 35.4 Å². The summed E-state index contributed by atoms with van der Waals surface area (Å²) in [5, 5.41) is 9.92. The highest BCUT2D eigenvalue weighted by atomic mass is 16.3. The van der Waals surface area contributed by atoms with Crippen LogP contribution in [0.4, 0.5) is 0 Å². The van der Waals surface area contributed by atoms with E-state index in [1.165, 1.54) is 11.1 Å². The number of benzene rings is 1. The normalized spacial score (nSPS) is 18.1. The van der Waals surface area contributed by atoms with Gasteiger partial charge in [-0.2, -0.15) is 0 Å². The molecule has 1 unspecified atom stereocenters. The Labute approximate surface area is 85.8 Å². The van der Waals surface area contributed by atoms with Crippen LogP contribution in [0.25, 0.3) is 0 Å². The van der Waals surface area contributed by atoms with Crippen LogP contribution in [-0.4, -0.2) is 11.2 Å². The second-order valence-corrected chi connectivity index (χ2v) is 4.29. The molecule has 0 radical (unpaired) electrons. The molecular formula is C13H18O. The van der Waals surface area contributed by atoms with Gasteiger partial charge in [-0.25, -0.2) is 0 Å². The summed E-state index contributed by atoms with van der Waals surface area (Å²) < 4.78 is 0. The second-order valence-electron chi connectivity index (χ2n) is 4.29. The van der Waals surface area contributed by atoms with Crippen LogP contribution in [0.1, 0.15) is 30.9 Å². The maximum Gasteiger partial charge on any atom is 0.0574 e. The molecule has 0 amide bonds. The van der Waals surface area contributed by atoms with Crippen LogP contribution in [0, 0.1) is 5.92 Å². The number of hydrogen-bond donors (Lipinski definition) is 1. The van der Waals surface area contributed by atoms with Crippen LogP contribution in [-0.2, 0) is 12.8 Å². The van der Waals surface area contributed by atoms with E-state index in [-0.39, 0.29) is 6.10 Å². The first-order valence-electron chi connectivity index (χ1n) is 5.56. The lowest BCUT2D eigenvalue weighted by atomic mass is 9.96. The van der Waals surface area contributed by atoms with Crippen molar-refractivity contribution in [1.29, 1.82) is 0 Å². The average Bonchev–Trinajstić information content (AvgIpc) is 2.61. The zero-order valence-corrected chi connectivity index (χ0v) is 8.74. The zero-order valence-electron chi connectivity index (χ0n) is 8.74. The summed E-state index contributed by atoms with van der Waals surface area (Å²) in [7, 11) is 0.